The van der Waals surface area contributed by atoms with Crippen LogP contribution in [0.2, 0.25) is 0 Å². The SMILES string of the molecule is CCCCCCC(C)OCC(CO)NCCC. The van der Waals surface area contributed by atoms with Gasteiger partial charge in [-0.3, -0.25) is 0 Å². The van der Waals surface area contributed by atoms with Crippen molar-refractivity contribution in [3.8, 4) is 0 Å². The molecular weight excluding hydrogens is 214 g/mol. The van der Waals surface area contributed by atoms with Crippen LogP contribution in [0, 0.1) is 0 Å². The highest BCUT2D eigenvalue weighted by molar-refractivity contribution is 4.65. The number of nitrogens with one attached hydrogen (secondary N) is 1. The van der Waals surface area contributed by atoms with Crippen molar-refractivity contribution >= 4 is 0 Å². The monoisotopic (exact) mass is 245 g/mol. The lowest BCUT2D eigenvalue weighted by Gasteiger charge is -2.19. The van der Waals surface area contributed by atoms with Gasteiger partial charge in [-0.2, -0.15) is 0 Å². The van der Waals surface area contributed by atoms with Crippen LogP contribution in [0.3, 0.4) is 0 Å². The highest BCUT2D eigenvalue weighted by Crippen LogP contribution is 2.08. The molecule has 104 valence electrons. The quantitative estimate of drug-likeness (QED) is 0.519. The zero-order valence-corrected chi connectivity index (χ0v) is 11.9. The van der Waals surface area contributed by atoms with E-state index in [0.717, 1.165) is 19.4 Å². The van der Waals surface area contributed by atoms with Gasteiger partial charge in [0.05, 0.1) is 25.4 Å². The fraction of sp³-hybridized carbons (Fsp3) is 1.00. The summed E-state index contributed by atoms with van der Waals surface area (Å²) in [7, 11) is 0. The molecule has 0 amide bonds. The molecule has 2 atom stereocenters. The molecule has 2 N–H and O–H groups in total. The zero-order chi connectivity index (χ0) is 12.9. The summed E-state index contributed by atoms with van der Waals surface area (Å²) in [6.45, 7) is 8.19. The van der Waals surface area contributed by atoms with Crippen molar-refractivity contribution in [2.75, 3.05) is 19.8 Å². The number of aliphatic hydroxyl groups excluding tert-OH is 1. The summed E-state index contributed by atoms with van der Waals surface area (Å²) in [6, 6.07) is 0.0908. The van der Waals surface area contributed by atoms with E-state index in [1.165, 1.54) is 25.7 Å². The molecule has 0 aliphatic rings. The number of aliphatic hydroxyl groups is 1. The Bertz CT molecular complexity index is 153. The molecular formula is C14H31NO2. The first-order valence-corrected chi connectivity index (χ1v) is 7.20. The molecule has 0 bridgehead atoms. The van der Waals surface area contributed by atoms with Gasteiger partial charge in [0, 0.05) is 0 Å². The van der Waals surface area contributed by atoms with Crippen LogP contribution < -0.4 is 5.32 Å². The van der Waals surface area contributed by atoms with Gasteiger partial charge in [0.2, 0.25) is 0 Å². The van der Waals surface area contributed by atoms with Crippen molar-refractivity contribution in [1.29, 1.82) is 0 Å². The van der Waals surface area contributed by atoms with Crippen LogP contribution in [-0.2, 0) is 4.74 Å². The number of ether oxygens (including phenoxy) is 1. The zero-order valence-electron chi connectivity index (χ0n) is 11.9. The summed E-state index contributed by atoms with van der Waals surface area (Å²) in [6.07, 6.45) is 7.69. The third-order valence-electron chi connectivity index (χ3n) is 2.95. The summed E-state index contributed by atoms with van der Waals surface area (Å²) >= 11 is 0. The van der Waals surface area contributed by atoms with Gasteiger partial charge >= 0.3 is 0 Å². The van der Waals surface area contributed by atoms with E-state index in [1.807, 2.05) is 0 Å². The fourth-order valence-electron chi connectivity index (χ4n) is 1.75. The van der Waals surface area contributed by atoms with Gasteiger partial charge in [-0.15, -0.1) is 0 Å². The second-order valence-electron chi connectivity index (χ2n) is 4.83. The lowest BCUT2D eigenvalue weighted by Crippen LogP contribution is -2.38. The van der Waals surface area contributed by atoms with Crippen LogP contribution in [0.4, 0.5) is 0 Å². The second kappa shape index (κ2) is 12.3. The van der Waals surface area contributed by atoms with E-state index in [2.05, 4.69) is 26.1 Å². The van der Waals surface area contributed by atoms with Gasteiger partial charge in [-0.25, -0.2) is 0 Å². The van der Waals surface area contributed by atoms with Gasteiger partial charge in [-0.1, -0.05) is 39.5 Å². The molecule has 0 radical (unpaired) electrons. The highest BCUT2D eigenvalue weighted by atomic mass is 16.5. The predicted octanol–water partition coefficient (Wildman–Crippen LogP) is 2.72. The van der Waals surface area contributed by atoms with Crippen molar-refractivity contribution in [3.63, 3.8) is 0 Å². The molecule has 0 aromatic carbocycles. The topological polar surface area (TPSA) is 41.5 Å². The van der Waals surface area contributed by atoms with E-state index in [0.29, 0.717) is 12.7 Å². The van der Waals surface area contributed by atoms with Crippen molar-refractivity contribution in [3.05, 3.63) is 0 Å². The second-order valence-corrected chi connectivity index (χ2v) is 4.83. The van der Waals surface area contributed by atoms with Crippen molar-refractivity contribution < 1.29 is 9.84 Å². The first-order chi connectivity index (χ1) is 8.24. The standard InChI is InChI=1S/C14H31NO2/c1-4-6-7-8-9-13(3)17-12-14(11-16)15-10-5-2/h13-16H,4-12H2,1-3H3. The normalized spacial score (nSPS) is 14.8. The molecule has 0 saturated heterocycles. The van der Waals surface area contributed by atoms with E-state index in [9.17, 15) is 0 Å². The fourth-order valence-corrected chi connectivity index (χ4v) is 1.75. The average molecular weight is 245 g/mol. The Kier molecular flexibility index (Phi) is 12.3. The van der Waals surface area contributed by atoms with Crippen LogP contribution in [0.5, 0.6) is 0 Å². The van der Waals surface area contributed by atoms with Crippen LogP contribution in [0.1, 0.15) is 59.3 Å². The minimum atomic E-state index is 0.0908. The minimum Gasteiger partial charge on any atom is -0.395 e. The molecule has 0 spiro atoms. The molecule has 3 nitrogen and oxygen atoms in total. The Labute approximate surface area is 107 Å². The van der Waals surface area contributed by atoms with E-state index < -0.39 is 0 Å². The molecule has 0 aromatic rings. The maximum absolute atomic E-state index is 9.17. The molecule has 0 fully saturated rings. The van der Waals surface area contributed by atoms with Crippen LogP contribution in [0.25, 0.3) is 0 Å². The first kappa shape index (κ1) is 16.9. The molecule has 0 heterocycles. The number of hydrogen-bond acceptors (Lipinski definition) is 3. The Morgan fingerprint density at radius 1 is 1.12 bits per heavy atom. The number of rotatable bonds is 12. The van der Waals surface area contributed by atoms with Crippen LogP contribution in [0.15, 0.2) is 0 Å². The minimum absolute atomic E-state index is 0.0908. The Hall–Kier alpha value is -0.120. The van der Waals surface area contributed by atoms with Gasteiger partial charge in [0.25, 0.3) is 0 Å². The molecule has 0 aliphatic heterocycles. The maximum Gasteiger partial charge on any atom is 0.0645 e. The summed E-state index contributed by atoms with van der Waals surface area (Å²) in [5.41, 5.74) is 0. The smallest absolute Gasteiger partial charge is 0.0645 e. The highest BCUT2D eigenvalue weighted by Gasteiger charge is 2.09. The molecule has 0 saturated carbocycles. The Morgan fingerprint density at radius 3 is 2.47 bits per heavy atom. The van der Waals surface area contributed by atoms with E-state index in [1.54, 1.807) is 0 Å². The molecule has 0 aromatic heterocycles. The Morgan fingerprint density at radius 2 is 1.88 bits per heavy atom. The van der Waals surface area contributed by atoms with Gasteiger partial charge in [-0.05, 0) is 26.3 Å². The number of unbranched alkanes of at least 4 members (excludes halogenated alkanes) is 3. The van der Waals surface area contributed by atoms with Crippen molar-refractivity contribution in [2.24, 2.45) is 0 Å². The largest absolute Gasteiger partial charge is 0.395 e. The van der Waals surface area contributed by atoms with Gasteiger partial charge in [0.15, 0.2) is 0 Å². The lowest BCUT2D eigenvalue weighted by atomic mass is 10.1. The van der Waals surface area contributed by atoms with E-state index >= 15 is 0 Å². The van der Waals surface area contributed by atoms with Gasteiger partial charge < -0.3 is 15.2 Å². The van der Waals surface area contributed by atoms with E-state index in [4.69, 9.17) is 9.84 Å². The molecule has 3 heteroatoms. The third-order valence-corrected chi connectivity index (χ3v) is 2.95. The predicted molar refractivity (Wildman–Crippen MR) is 73.3 cm³/mol. The molecule has 0 rings (SSSR count). The maximum atomic E-state index is 9.17. The first-order valence-electron chi connectivity index (χ1n) is 7.20. The summed E-state index contributed by atoms with van der Waals surface area (Å²) < 4.78 is 5.75. The van der Waals surface area contributed by atoms with E-state index in [-0.39, 0.29) is 12.6 Å². The molecule has 0 aliphatic carbocycles. The summed E-state index contributed by atoms with van der Waals surface area (Å²) in [5.74, 6) is 0. The van der Waals surface area contributed by atoms with Crippen molar-refractivity contribution in [1.82, 2.24) is 5.32 Å². The Balaban J connectivity index is 3.48. The van der Waals surface area contributed by atoms with Gasteiger partial charge in [0.1, 0.15) is 0 Å². The third kappa shape index (κ3) is 10.7. The van der Waals surface area contributed by atoms with Crippen LogP contribution in [-0.4, -0.2) is 37.0 Å². The molecule has 2 unspecified atom stereocenters. The molecule has 17 heavy (non-hydrogen) atoms. The van der Waals surface area contributed by atoms with Crippen LogP contribution >= 0.6 is 0 Å². The summed E-state index contributed by atoms with van der Waals surface area (Å²) in [4.78, 5) is 0. The average Bonchev–Trinajstić information content (AvgIpc) is 2.35. The number of hydrogen-bond donors (Lipinski definition) is 2. The van der Waals surface area contributed by atoms with Crippen molar-refractivity contribution in [2.45, 2.75) is 71.4 Å². The summed E-state index contributed by atoms with van der Waals surface area (Å²) in [5, 5.41) is 12.4. The lowest BCUT2D eigenvalue weighted by molar-refractivity contribution is 0.0316.